The van der Waals surface area contributed by atoms with Gasteiger partial charge in [0.15, 0.2) is 21.3 Å². The third-order valence-corrected chi connectivity index (χ3v) is 9.47. The highest BCUT2D eigenvalue weighted by atomic mass is 35.5. The molecule has 5 rings (SSSR count). The molecule has 0 bridgehead atoms. The number of piperazine rings is 1. The predicted molar refractivity (Wildman–Crippen MR) is 173 cm³/mol. The van der Waals surface area contributed by atoms with Crippen molar-refractivity contribution in [2.75, 3.05) is 24.2 Å². The number of rotatable bonds is 6. The molecule has 10 nitrogen and oxygen atoms in total. The predicted octanol–water partition coefficient (Wildman–Crippen LogP) is 5.38. The van der Waals surface area contributed by atoms with Crippen LogP contribution in [0.4, 0.5) is 14.6 Å². The summed E-state index contributed by atoms with van der Waals surface area (Å²) in [7, 11) is -3.90. The van der Waals surface area contributed by atoms with E-state index >= 15 is 4.39 Å². The maximum atomic E-state index is 15.1. The van der Waals surface area contributed by atoms with Crippen LogP contribution in [0.1, 0.15) is 39.2 Å². The fourth-order valence-electron chi connectivity index (χ4n) is 5.85. The molecule has 0 radical (unpaired) electrons. The number of fused-ring (bicyclic) bond motifs is 1. The van der Waals surface area contributed by atoms with Crippen LogP contribution in [0, 0.1) is 5.82 Å². The molecule has 0 saturated carbocycles. The van der Waals surface area contributed by atoms with Gasteiger partial charge in [0.05, 0.1) is 32.2 Å². The average Bonchev–Trinajstić information content (AvgIpc) is 2.97. The van der Waals surface area contributed by atoms with Crippen LogP contribution < -0.4 is 10.6 Å². The number of carbonyl (C=O) groups is 1. The zero-order valence-electron chi connectivity index (χ0n) is 25.8. The van der Waals surface area contributed by atoms with E-state index in [4.69, 9.17) is 11.6 Å². The van der Waals surface area contributed by atoms with Crippen molar-refractivity contribution in [3.05, 3.63) is 81.8 Å². The van der Waals surface area contributed by atoms with Crippen molar-refractivity contribution in [3.63, 3.8) is 0 Å². The van der Waals surface area contributed by atoms with Crippen molar-refractivity contribution in [3.8, 4) is 22.7 Å². The van der Waals surface area contributed by atoms with Gasteiger partial charge in [-0.25, -0.2) is 31.5 Å². The Balaban J connectivity index is 1.89. The van der Waals surface area contributed by atoms with Gasteiger partial charge in [0.1, 0.15) is 17.4 Å². The van der Waals surface area contributed by atoms with Gasteiger partial charge in [-0.3, -0.25) is 4.79 Å². The molecule has 0 aliphatic carbocycles. The zero-order valence-corrected chi connectivity index (χ0v) is 27.3. The molecule has 1 aliphatic rings. The number of phenols is 1. The highest BCUT2D eigenvalue weighted by molar-refractivity contribution is 7.90. The first-order valence-corrected chi connectivity index (χ1v) is 16.7. The molecule has 1 N–H and O–H groups in total. The minimum atomic E-state index is -3.90. The number of phenolic OH excluding ortho intramolecular Hbond substituents is 1. The van der Waals surface area contributed by atoms with Crippen LogP contribution in [0.5, 0.6) is 5.75 Å². The second-order valence-electron chi connectivity index (χ2n) is 11.7. The molecule has 0 unspecified atom stereocenters. The van der Waals surface area contributed by atoms with Crippen LogP contribution in [0.15, 0.2) is 64.6 Å². The van der Waals surface area contributed by atoms with Gasteiger partial charge in [0, 0.05) is 31.4 Å². The van der Waals surface area contributed by atoms with Crippen molar-refractivity contribution in [2.24, 2.45) is 0 Å². The van der Waals surface area contributed by atoms with E-state index in [1.807, 2.05) is 13.8 Å². The molecule has 2 aromatic heterocycles. The third-order valence-electron chi connectivity index (χ3n) is 8.06. The lowest BCUT2D eigenvalue weighted by atomic mass is 10.0. The topological polar surface area (TPSA) is 126 Å². The lowest BCUT2D eigenvalue weighted by Crippen LogP contribution is -2.58. The summed E-state index contributed by atoms with van der Waals surface area (Å²) in [4.78, 5) is 38.7. The van der Waals surface area contributed by atoms with E-state index in [0.717, 1.165) is 16.9 Å². The Hall–Kier alpha value is -4.36. The smallest absolute Gasteiger partial charge is 0.355 e. The van der Waals surface area contributed by atoms with E-state index in [0.29, 0.717) is 5.56 Å². The van der Waals surface area contributed by atoms with E-state index in [2.05, 4.69) is 16.5 Å². The standard InChI is InChI=1S/C32H32ClF2N5O5S/c1-16(2)20-9-7-12-25(46(6,44)45)28(20)40-30-21(13-22(33)27(36-30)26-23(35)10-8-11-24(26)41)29(37-32(40)43)38-14-18(4)39(15-17(38)3)31(42)19(5)34/h7-13,16-18,41H,5,14-15H2,1-4,6H3/t17-,18+/m0/s1. The number of hydrogen-bond acceptors (Lipinski definition) is 8. The number of aromatic nitrogens is 3. The van der Waals surface area contributed by atoms with Crippen LogP contribution in [0.3, 0.4) is 0 Å². The number of anilines is 1. The maximum absolute atomic E-state index is 15.1. The van der Waals surface area contributed by atoms with Gasteiger partial charge in [-0.05, 0) is 49.6 Å². The van der Waals surface area contributed by atoms with Crippen molar-refractivity contribution in [2.45, 2.75) is 50.6 Å². The Bertz CT molecular complexity index is 2070. The molecule has 1 saturated heterocycles. The number of pyridine rings is 1. The minimum absolute atomic E-state index is 0.0332. The molecule has 1 aliphatic heterocycles. The first-order valence-electron chi connectivity index (χ1n) is 14.4. The number of para-hydroxylation sites is 1. The van der Waals surface area contributed by atoms with E-state index < -0.39 is 50.9 Å². The molecule has 1 amide bonds. The molecule has 46 heavy (non-hydrogen) atoms. The van der Waals surface area contributed by atoms with Gasteiger partial charge in [0.2, 0.25) is 0 Å². The van der Waals surface area contributed by atoms with Crippen LogP contribution >= 0.6 is 11.6 Å². The highest BCUT2D eigenvalue weighted by Crippen LogP contribution is 2.40. The number of benzene rings is 2. The Morgan fingerprint density at radius 1 is 1.11 bits per heavy atom. The molecule has 0 spiro atoms. The monoisotopic (exact) mass is 671 g/mol. The van der Waals surface area contributed by atoms with E-state index in [1.54, 1.807) is 30.9 Å². The number of nitrogens with zero attached hydrogens (tertiary/aromatic N) is 5. The summed E-state index contributed by atoms with van der Waals surface area (Å²) in [5.74, 6) is -3.34. The van der Waals surface area contributed by atoms with E-state index in [1.165, 1.54) is 29.2 Å². The number of aromatic hydroxyl groups is 1. The van der Waals surface area contributed by atoms with Gasteiger partial charge >= 0.3 is 5.69 Å². The van der Waals surface area contributed by atoms with Crippen molar-refractivity contribution < 1.29 is 27.1 Å². The summed E-state index contributed by atoms with van der Waals surface area (Å²) in [6, 6.07) is 8.77. The summed E-state index contributed by atoms with van der Waals surface area (Å²) < 4.78 is 56.1. The second kappa shape index (κ2) is 12.1. The summed E-state index contributed by atoms with van der Waals surface area (Å²) >= 11 is 6.71. The lowest BCUT2D eigenvalue weighted by Gasteiger charge is -2.44. The number of amides is 1. The average molecular weight is 672 g/mol. The van der Waals surface area contributed by atoms with Gasteiger partial charge in [-0.1, -0.05) is 50.2 Å². The first kappa shape index (κ1) is 33.0. The first-order chi connectivity index (χ1) is 21.5. The van der Waals surface area contributed by atoms with Crippen molar-refractivity contribution >= 4 is 44.2 Å². The Kier molecular flexibility index (Phi) is 8.69. The molecule has 242 valence electrons. The van der Waals surface area contributed by atoms with E-state index in [9.17, 15) is 27.5 Å². The quantitative estimate of drug-likeness (QED) is 0.271. The fourth-order valence-corrected chi connectivity index (χ4v) is 6.98. The summed E-state index contributed by atoms with van der Waals surface area (Å²) in [6.07, 6.45) is 1.02. The molecule has 4 aromatic rings. The van der Waals surface area contributed by atoms with Crippen LogP contribution in [-0.2, 0) is 14.6 Å². The maximum Gasteiger partial charge on any atom is 0.355 e. The normalized spacial score (nSPS) is 17.2. The van der Waals surface area contributed by atoms with Crippen molar-refractivity contribution in [1.29, 1.82) is 0 Å². The largest absolute Gasteiger partial charge is 0.507 e. The number of hydrogen-bond donors (Lipinski definition) is 1. The van der Waals surface area contributed by atoms with Crippen LogP contribution in [-0.4, -0.2) is 70.3 Å². The Labute approximate surface area is 269 Å². The Morgan fingerprint density at radius 3 is 2.39 bits per heavy atom. The molecule has 1 fully saturated rings. The van der Waals surface area contributed by atoms with Crippen molar-refractivity contribution in [1.82, 2.24) is 19.4 Å². The number of halogens is 3. The highest BCUT2D eigenvalue weighted by Gasteiger charge is 2.36. The molecule has 3 heterocycles. The molecule has 2 atom stereocenters. The van der Waals surface area contributed by atoms with Gasteiger partial charge in [-0.15, -0.1) is 0 Å². The Morgan fingerprint density at radius 2 is 1.78 bits per heavy atom. The summed E-state index contributed by atoms with van der Waals surface area (Å²) in [5.41, 5.74) is -0.927. The number of carbonyl (C=O) groups excluding carboxylic acids is 1. The number of sulfone groups is 1. The molecule has 2 aromatic carbocycles. The van der Waals surface area contributed by atoms with Gasteiger partial charge < -0.3 is 14.9 Å². The minimum Gasteiger partial charge on any atom is -0.507 e. The summed E-state index contributed by atoms with van der Waals surface area (Å²) in [5, 5.41) is 10.7. The molecule has 14 heteroatoms. The van der Waals surface area contributed by atoms with Gasteiger partial charge in [-0.2, -0.15) is 4.98 Å². The second-order valence-corrected chi connectivity index (χ2v) is 14.1. The summed E-state index contributed by atoms with van der Waals surface area (Å²) in [6.45, 7) is 10.5. The molecular formula is C32H32ClF2N5O5S. The zero-order chi connectivity index (χ0) is 33.8. The van der Waals surface area contributed by atoms with Gasteiger partial charge in [0.25, 0.3) is 5.91 Å². The SMILES string of the molecule is C=C(F)C(=O)N1C[C@H](C)N(c2nc(=O)n(-c3c(C(C)C)cccc3S(C)(=O)=O)c3nc(-c4c(O)cccc4F)c(Cl)cc23)C[C@H]1C. The lowest BCUT2D eigenvalue weighted by molar-refractivity contribution is -0.131. The van der Waals surface area contributed by atoms with E-state index in [-0.39, 0.29) is 62.7 Å². The molecular weight excluding hydrogens is 640 g/mol. The fraction of sp³-hybridized carbons (Fsp3) is 0.312. The third kappa shape index (κ3) is 5.73. The van der Waals surface area contributed by atoms with Crippen LogP contribution in [0.25, 0.3) is 28.0 Å². The van der Waals surface area contributed by atoms with Crippen LogP contribution in [0.2, 0.25) is 5.02 Å².